The summed E-state index contributed by atoms with van der Waals surface area (Å²) in [6.07, 6.45) is 3.61. The van der Waals surface area contributed by atoms with Gasteiger partial charge in [-0.05, 0) is 24.0 Å². The van der Waals surface area contributed by atoms with Crippen LogP contribution in [0.2, 0.25) is 0 Å². The lowest BCUT2D eigenvalue weighted by molar-refractivity contribution is 0.180. The number of thioether (sulfide) groups is 1. The van der Waals surface area contributed by atoms with Gasteiger partial charge in [-0.15, -0.1) is 0 Å². The van der Waals surface area contributed by atoms with E-state index in [4.69, 9.17) is 0 Å². The van der Waals surface area contributed by atoms with Crippen LogP contribution >= 0.6 is 27.7 Å². The molecule has 3 unspecified atom stereocenters. The average molecular weight is 459 g/mol. The van der Waals surface area contributed by atoms with E-state index in [2.05, 4.69) is 86.0 Å². The van der Waals surface area contributed by atoms with Gasteiger partial charge in [-0.3, -0.25) is 0 Å². The predicted molar refractivity (Wildman–Crippen MR) is 121 cm³/mol. The Morgan fingerprint density at radius 1 is 0.893 bits per heavy atom. The van der Waals surface area contributed by atoms with Crippen LogP contribution in [0.15, 0.2) is 60.7 Å². The monoisotopic (exact) mass is 458 g/mol. The van der Waals surface area contributed by atoms with E-state index in [1.165, 1.54) is 30.4 Å². The van der Waals surface area contributed by atoms with Gasteiger partial charge in [0.05, 0.1) is 12.1 Å². The number of nitrogens with zero attached hydrogens (tertiary/aromatic N) is 2. The third-order valence-corrected chi connectivity index (χ3v) is 7.81. The van der Waals surface area contributed by atoms with Crippen LogP contribution in [0, 0.1) is 0 Å². The number of halogens is 1. The number of amides is 2. The molecule has 2 aromatic rings. The van der Waals surface area contributed by atoms with Crippen molar-refractivity contribution in [2.75, 3.05) is 11.1 Å². The van der Waals surface area contributed by atoms with Crippen molar-refractivity contribution in [1.29, 1.82) is 0 Å². The predicted octanol–water partition coefficient (Wildman–Crippen LogP) is 5.54. The Kier molecular flexibility index (Phi) is 6.63. The summed E-state index contributed by atoms with van der Waals surface area (Å²) in [4.78, 5) is 17.7. The number of carbonyl (C=O) groups excluding carboxylic acids is 1. The Hall–Kier alpha value is -1.46. The van der Waals surface area contributed by atoms with Crippen LogP contribution in [0.1, 0.15) is 30.4 Å². The second kappa shape index (κ2) is 9.36. The fourth-order valence-corrected chi connectivity index (χ4v) is 6.47. The first kappa shape index (κ1) is 19.8. The van der Waals surface area contributed by atoms with Gasteiger partial charge in [0.2, 0.25) is 0 Å². The maximum atomic E-state index is 13.4. The van der Waals surface area contributed by atoms with Crippen LogP contribution in [0.5, 0.6) is 0 Å². The highest BCUT2D eigenvalue weighted by molar-refractivity contribution is 9.09. The lowest BCUT2D eigenvalue weighted by atomic mass is 10.0. The molecule has 0 N–H and O–H groups in total. The lowest BCUT2D eigenvalue weighted by Crippen LogP contribution is -2.40. The Balaban J connectivity index is 1.56. The molecule has 0 bridgehead atoms. The minimum absolute atomic E-state index is 0.202. The number of carbonyl (C=O) groups is 1. The van der Waals surface area contributed by atoms with Crippen molar-refractivity contribution in [2.24, 2.45) is 0 Å². The third kappa shape index (κ3) is 4.25. The van der Waals surface area contributed by atoms with E-state index in [-0.39, 0.29) is 6.03 Å². The van der Waals surface area contributed by atoms with Crippen molar-refractivity contribution in [3.8, 4) is 0 Å². The number of hydrogen-bond donors (Lipinski definition) is 0. The number of unbranched alkanes of at least 4 members (excludes halogenated alkanes) is 1. The molecule has 3 nitrogen and oxygen atoms in total. The molecule has 2 aromatic carbocycles. The van der Waals surface area contributed by atoms with E-state index in [9.17, 15) is 4.79 Å². The van der Waals surface area contributed by atoms with Gasteiger partial charge in [0.25, 0.3) is 0 Å². The fourth-order valence-electron chi connectivity index (χ4n) is 4.40. The Morgan fingerprint density at radius 3 is 2.11 bits per heavy atom. The van der Waals surface area contributed by atoms with Crippen molar-refractivity contribution >= 4 is 33.7 Å². The van der Waals surface area contributed by atoms with Crippen molar-refractivity contribution in [1.82, 2.24) is 9.80 Å². The lowest BCUT2D eigenvalue weighted by Gasteiger charge is -2.27. The maximum absolute atomic E-state index is 13.4. The number of benzene rings is 2. The second-order valence-electron chi connectivity index (χ2n) is 7.62. The average Bonchev–Trinajstić information content (AvgIpc) is 3.24. The van der Waals surface area contributed by atoms with E-state index in [1.54, 1.807) is 0 Å². The first-order valence-corrected chi connectivity index (χ1v) is 12.3. The molecule has 2 heterocycles. The number of hydrogen-bond acceptors (Lipinski definition) is 2. The standard InChI is InChI=1S/C23H27BrN2OS/c24-14-8-7-13-21-22-20(17-28-21)25(15-18-9-3-1-4-10-18)23(27)26(22)16-19-11-5-2-6-12-19/h1-6,9-12,20-22H,7-8,13-17H2. The molecule has 2 aliphatic rings. The summed E-state index contributed by atoms with van der Waals surface area (Å²) in [5, 5.41) is 1.60. The molecule has 2 fully saturated rings. The normalized spacial score (nSPS) is 24.0. The Bertz CT molecular complexity index is 773. The minimum atomic E-state index is 0.202. The molecule has 0 aromatic heterocycles. The van der Waals surface area contributed by atoms with Gasteiger partial charge in [-0.25, -0.2) is 4.79 Å². The quantitative estimate of drug-likeness (QED) is 0.294. The molecule has 148 valence electrons. The van der Waals surface area contributed by atoms with Gasteiger partial charge >= 0.3 is 6.03 Å². The molecular weight excluding hydrogens is 432 g/mol. The maximum Gasteiger partial charge on any atom is 0.321 e. The van der Waals surface area contributed by atoms with Crippen molar-refractivity contribution in [3.63, 3.8) is 0 Å². The van der Waals surface area contributed by atoms with Gasteiger partial charge in [0.15, 0.2) is 0 Å². The SMILES string of the molecule is O=C1N(Cc2ccccc2)C2CSC(CCCCBr)C2N1Cc1ccccc1. The van der Waals surface area contributed by atoms with Crippen molar-refractivity contribution in [2.45, 2.75) is 49.7 Å². The molecular formula is C23H27BrN2OS. The highest BCUT2D eigenvalue weighted by Crippen LogP contribution is 2.42. The molecule has 4 rings (SSSR count). The number of fused-ring (bicyclic) bond motifs is 1. The van der Waals surface area contributed by atoms with E-state index < -0.39 is 0 Å². The van der Waals surface area contributed by atoms with E-state index >= 15 is 0 Å². The number of rotatable bonds is 8. The van der Waals surface area contributed by atoms with Crippen LogP contribution in [0.25, 0.3) is 0 Å². The molecule has 5 heteroatoms. The smallest absolute Gasteiger partial charge is 0.314 e. The summed E-state index contributed by atoms with van der Waals surface area (Å²) in [7, 11) is 0. The number of urea groups is 1. The van der Waals surface area contributed by atoms with Crippen LogP contribution in [-0.4, -0.2) is 44.2 Å². The van der Waals surface area contributed by atoms with Crippen molar-refractivity contribution < 1.29 is 4.79 Å². The summed E-state index contributed by atoms with van der Waals surface area (Å²) in [6.45, 7) is 1.42. The summed E-state index contributed by atoms with van der Waals surface area (Å²) in [5.41, 5.74) is 2.43. The molecule has 3 atom stereocenters. The number of alkyl halides is 1. The zero-order valence-electron chi connectivity index (χ0n) is 16.0. The van der Waals surface area contributed by atoms with Crippen molar-refractivity contribution in [3.05, 3.63) is 71.8 Å². The Morgan fingerprint density at radius 2 is 1.50 bits per heavy atom. The zero-order chi connectivity index (χ0) is 19.3. The van der Waals surface area contributed by atoms with Gasteiger partial charge in [0.1, 0.15) is 0 Å². The van der Waals surface area contributed by atoms with E-state index in [1.807, 2.05) is 12.1 Å². The van der Waals surface area contributed by atoms with E-state index in [0.717, 1.165) is 11.1 Å². The summed E-state index contributed by atoms with van der Waals surface area (Å²) < 4.78 is 0. The summed E-state index contributed by atoms with van der Waals surface area (Å²) >= 11 is 5.61. The third-order valence-electron chi connectivity index (χ3n) is 5.77. The first-order chi connectivity index (χ1) is 13.8. The van der Waals surface area contributed by atoms with Crippen LogP contribution in [0.4, 0.5) is 4.79 Å². The van der Waals surface area contributed by atoms with Crippen LogP contribution in [-0.2, 0) is 13.1 Å². The molecule has 2 amide bonds. The topological polar surface area (TPSA) is 23.6 Å². The Labute approximate surface area is 180 Å². The second-order valence-corrected chi connectivity index (χ2v) is 9.69. The largest absolute Gasteiger partial charge is 0.321 e. The molecule has 2 aliphatic heterocycles. The fraction of sp³-hybridized carbons (Fsp3) is 0.435. The summed E-state index contributed by atoms with van der Waals surface area (Å²) in [6, 6.07) is 21.6. The molecule has 2 saturated heterocycles. The molecule has 0 radical (unpaired) electrons. The zero-order valence-corrected chi connectivity index (χ0v) is 18.4. The molecule has 28 heavy (non-hydrogen) atoms. The van der Waals surface area contributed by atoms with Crippen LogP contribution in [0.3, 0.4) is 0 Å². The van der Waals surface area contributed by atoms with Gasteiger partial charge in [0, 0.05) is 29.4 Å². The molecule has 0 aliphatic carbocycles. The summed E-state index contributed by atoms with van der Waals surface area (Å²) in [5.74, 6) is 1.05. The first-order valence-electron chi connectivity index (χ1n) is 10.1. The highest BCUT2D eigenvalue weighted by Gasteiger charge is 2.52. The highest BCUT2D eigenvalue weighted by atomic mass is 79.9. The van der Waals surface area contributed by atoms with Gasteiger partial charge < -0.3 is 9.80 Å². The van der Waals surface area contributed by atoms with Crippen LogP contribution < -0.4 is 0 Å². The van der Waals surface area contributed by atoms with Gasteiger partial charge in [-0.2, -0.15) is 11.8 Å². The molecule has 0 spiro atoms. The minimum Gasteiger partial charge on any atom is -0.314 e. The van der Waals surface area contributed by atoms with Gasteiger partial charge in [-0.1, -0.05) is 83.0 Å². The molecule has 0 saturated carbocycles. The van der Waals surface area contributed by atoms with E-state index in [0.29, 0.717) is 30.4 Å².